The summed E-state index contributed by atoms with van der Waals surface area (Å²) in [6.45, 7) is 2.33. The van der Waals surface area contributed by atoms with E-state index in [2.05, 4.69) is 60.2 Å². The molecule has 4 aromatic rings. The lowest BCUT2D eigenvalue weighted by Crippen LogP contribution is -2.35. The number of nitrogens with one attached hydrogen (secondary N) is 2. The molecule has 7 heteroatoms. The molecule has 0 fully saturated rings. The fourth-order valence-electron chi connectivity index (χ4n) is 3.81. The molecular weight excluding hydrogens is 418 g/mol. The summed E-state index contributed by atoms with van der Waals surface area (Å²) in [5.74, 6) is 0.602. The van der Waals surface area contributed by atoms with Crippen LogP contribution in [0.25, 0.3) is 22.3 Å². The van der Waals surface area contributed by atoms with Gasteiger partial charge in [0.2, 0.25) is 0 Å². The molecule has 3 aromatic heterocycles. The van der Waals surface area contributed by atoms with E-state index in [-0.39, 0.29) is 5.56 Å². The Morgan fingerprint density at radius 2 is 2.04 bits per heavy atom. The van der Waals surface area contributed by atoms with Crippen LogP contribution < -0.4 is 5.56 Å². The third-order valence-electron chi connectivity index (χ3n) is 5.23. The fourth-order valence-corrected chi connectivity index (χ4v) is 4.17. The van der Waals surface area contributed by atoms with Crippen molar-refractivity contribution < 1.29 is 0 Å². The number of hydrogen-bond donors (Lipinski definition) is 2. The molecular formula is C21H18BrN5O. The van der Waals surface area contributed by atoms with E-state index in [1.165, 1.54) is 10.9 Å². The Morgan fingerprint density at radius 1 is 1.18 bits per heavy atom. The van der Waals surface area contributed by atoms with Gasteiger partial charge in [0.1, 0.15) is 5.82 Å². The summed E-state index contributed by atoms with van der Waals surface area (Å²) >= 11 is 3.52. The third kappa shape index (κ3) is 3.16. The molecule has 5 rings (SSSR count). The Kier molecular flexibility index (Phi) is 4.33. The highest BCUT2D eigenvalue weighted by Crippen LogP contribution is 2.25. The van der Waals surface area contributed by atoms with Gasteiger partial charge in [-0.25, -0.2) is 4.98 Å². The van der Waals surface area contributed by atoms with Crippen molar-refractivity contribution in [1.82, 2.24) is 24.8 Å². The molecule has 0 bridgehead atoms. The molecule has 1 aliphatic heterocycles. The predicted molar refractivity (Wildman–Crippen MR) is 112 cm³/mol. The average molecular weight is 436 g/mol. The molecule has 2 N–H and O–H groups in total. The van der Waals surface area contributed by atoms with Crippen LogP contribution in [0.15, 0.2) is 58.2 Å². The highest BCUT2D eigenvalue weighted by molar-refractivity contribution is 9.10. The van der Waals surface area contributed by atoms with Gasteiger partial charge in [0.25, 0.3) is 5.56 Å². The van der Waals surface area contributed by atoms with Crippen molar-refractivity contribution in [3.8, 4) is 11.4 Å². The smallest absolute Gasteiger partial charge is 0.254 e. The molecule has 0 aliphatic carbocycles. The van der Waals surface area contributed by atoms with Crippen molar-refractivity contribution in [2.45, 2.75) is 19.5 Å². The van der Waals surface area contributed by atoms with Crippen LogP contribution in [-0.4, -0.2) is 31.4 Å². The quantitative estimate of drug-likeness (QED) is 0.514. The molecule has 6 nitrogen and oxygen atoms in total. The molecule has 0 spiro atoms. The maximum absolute atomic E-state index is 12.5. The minimum atomic E-state index is -0.0339. The molecule has 4 heterocycles. The first-order valence-corrected chi connectivity index (χ1v) is 9.97. The van der Waals surface area contributed by atoms with Gasteiger partial charge in [0, 0.05) is 64.7 Å². The van der Waals surface area contributed by atoms with E-state index < -0.39 is 0 Å². The number of fused-ring (bicyclic) bond motifs is 2. The second-order valence-electron chi connectivity index (χ2n) is 7.04. The molecule has 0 saturated heterocycles. The Balaban J connectivity index is 1.44. The molecule has 1 aromatic carbocycles. The molecule has 1 aliphatic rings. The minimum Gasteiger partial charge on any atom is -0.361 e. The summed E-state index contributed by atoms with van der Waals surface area (Å²) in [6.07, 6.45) is 6.19. The van der Waals surface area contributed by atoms with Gasteiger partial charge in [-0.1, -0.05) is 22.0 Å². The molecule has 0 amide bonds. The first-order valence-electron chi connectivity index (χ1n) is 9.18. The number of aromatic amines is 2. The predicted octanol–water partition coefficient (Wildman–Crippen LogP) is 3.63. The first-order chi connectivity index (χ1) is 13.7. The SMILES string of the molecule is O=c1[nH]c(-c2ccncc2)nc2c1CCN(Cc1c[nH]c3cc(Br)ccc13)C2. The number of aromatic nitrogens is 4. The Morgan fingerprint density at radius 3 is 2.89 bits per heavy atom. The molecule has 28 heavy (non-hydrogen) atoms. The average Bonchev–Trinajstić information content (AvgIpc) is 3.10. The van der Waals surface area contributed by atoms with E-state index in [9.17, 15) is 4.79 Å². The van der Waals surface area contributed by atoms with E-state index >= 15 is 0 Å². The standard InChI is InChI=1S/C21H18BrN5O/c22-15-1-2-16-14(10-24-18(16)9-15)11-27-8-5-17-19(12-27)25-20(26-21(17)28)13-3-6-23-7-4-13/h1-4,6-7,9-10,24H,5,8,11-12H2,(H,25,26,28). The molecule has 0 radical (unpaired) electrons. The second-order valence-corrected chi connectivity index (χ2v) is 7.96. The normalized spacial score (nSPS) is 14.3. The number of benzene rings is 1. The van der Waals surface area contributed by atoms with Gasteiger partial charge in [0.15, 0.2) is 0 Å². The van der Waals surface area contributed by atoms with Gasteiger partial charge in [0.05, 0.1) is 5.69 Å². The van der Waals surface area contributed by atoms with Gasteiger partial charge in [-0.05, 0) is 36.2 Å². The van der Waals surface area contributed by atoms with E-state index in [1.807, 2.05) is 12.1 Å². The van der Waals surface area contributed by atoms with Crippen molar-refractivity contribution in [3.05, 3.63) is 80.6 Å². The van der Waals surface area contributed by atoms with Crippen LogP contribution >= 0.6 is 15.9 Å². The topological polar surface area (TPSA) is 77.7 Å². The van der Waals surface area contributed by atoms with Gasteiger partial charge in [-0.15, -0.1) is 0 Å². The van der Waals surface area contributed by atoms with E-state index in [0.717, 1.165) is 39.9 Å². The van der Waals surface area contributed by atoms with Crippen molar-refractivity contribution in [2.75, 3.05) is 6.54 Å². The highest BCUT2D eigenvalue weighted by Gasteiger charge is 2.22. The van der Waals surface area contributed by atoms with Gasteiger partial charge in [-0.3, -0.25) is 14.7 Å². The number of nitrogens with zero attached hydrogens (tertiary/aromatic N) is 3. The summed E-state index contributed by atoms with van der Waals surface area (Å²) in [5.41, 5.74) is 4.88. The highest BCUT2D eigenvalue weighted by atomic mass is 79.9. The zero-order chi connectivity index (χ0) is 19.1. The first kappa shape index (κ1) is 17.3. The van der Waals surface area contributed by atoms with Crippen molar-refractivity contribution in [3.63, 3.8) is 0 Å². The number of halogens is 1. The van der Waals surface area contributed by atoms with Crippen LogP contribution in [0.5, 0.6) is 0 Å². The molecule has 0 saturated carbocycles. The lowest BCUT2D eigenvalue weighted by atomic mass is 10.0. The summed E-state index contributed by atoms with van der Waals surface area (Å²) < 4.78 is 1.06. The number of rotatable bonds is 3. The van der Waals surface area contributed by atoms with Gasteiger partial charge >= 0.3 is 0 Å². The summed E-state index contributed by atoms with van der Waals surface area (Å²) in [4.78, 5) is 29.9. The van der Waals surface area contributed by atoms with Crippen LogP contribution in [0.2, 0.25) is 0 Å². The largest absolute Gasteiger partial charge is 0.361 e. The minimum absolute atomic E-state index is 0.0339. The monoisotopic (exact) mass is 435 g/mol. The van der Waals surface area contributed by atoms with Crippen LogP contribution in [0, 0.1) is 0 Å². The molecule has 0 atom stereocenters. The second kappa shape index (κ2) is 7.00. The van der Waals surface area contributed by atoms with E-state index in [0.29, 0.717) is 18.8 Å². The Hall–Kier alpha value is -2.77. The molecule has 140 valence electrons. The number of hydrogen-bond acceptors (Lipinski definition) is 4. The molecule has 0 unspecified atom stereocenters. The van der Waals surface area contributed by atoms with Gasteiger partial charge in [-0.2, -0.15) is 0 Å². The van der Waals surface area contributed by atoms with Crippen LogP contribution in [-0.2, 0) is 19.5 Å². The van der Waals surface area contributed by atoms with Crippen LogP contribution in [0.3, 0.4) is 0 Å². The summed E-state index contributed by atoms with van der Waals surface area (Å²) in [7, 11) is 0. The zero-order valence-electron chi connectivity index (χ0n) is 15.1. The maximum atomic E-state index is 12.5. The summed E-state index contributed by atoms with van der Waals surface area (Å²) in [6, 6.07) is 10.00. The third-order valence-corrected chi connectivity index (χ3v) is 5.72. The van der Waals surface area contributed by atoms with Crippen molar-refractivity contribution in [1.29, 1.82) is 0 Å². The fraction of sp³-hybridized carbons (Fsp3) is 0.190. The lowest BCUT2D eigenvalue weighted by Gasteiger charge is -2.27. The zero-order valence-corrected chi connectivity index (χ0v) is 16.7. The van der Waals surface area contributed by atoms with Crippen molar-refractivity contribution in [2.24, 2.45) is 0 Å². The van der Waals surface area contributed by atoms with Crippen molar-refractivity contribution >= 4 is 26.8 Å². The van der Waals surface area contributed by atoms with Gasteiger partial charge < -0.3 is 9.97 Å². The Labute approximate surface area is 169 Å². The maximum Gasteiger partial charge on any atom is 0.254 e. The van der Waals surface area contributed by atoms with E-state index in [1.54, 1.807) is 12.4 Å². The number of H-pyrrole nitrogens is 2. The lowest BCUT2D eigenvalue weighted by molar-refractivity contribution is 0.241. The van der Waals surface area contributed by atoms with E-state index in [4.69, 9.17) is 4.98 Å². The number of pyridine rings is 1. The summed E-state index contributed by atoms with van der Waals surface area (Å²) in [5, 5.41) is 1.23. The Bertz CT molecular complexity index is 1210. The van der Waals surface area contributed by atoms with Crippen LogP contribution in [0.1, 0.15) is 16.8 Å². The van der Waals surface area contributed by atoms with Crippen LogP contribution in [0.4, 0.5) is 0 Å².